The second-order valence-corrected chi connectivity index (χ2v) is 7.76. The Morgan fingerprint density at radius 3 is 2.00 bits per heavy atom. The summed E-state index contributed by atoms with van der Waals surface area (Å²) in [4.78, 5) is 9.23. The molecule has 0 unspecified atom stereocenters. The second kappa shape index (κ2) is 13.1. The van der Waals surface area contributed by atoms with Crippen LogP contribution in [0.4, 0.5) is 24.7 Å². The number of hydrogen-bond donors (Lipinski definition) is 0. The zero-order chi connectivity index (χ0) is 23.4. The maximum Gasteiger partial charge on any atom is 0.421 e. The fraction of sp³-hybridized carbons (Fsp3) is 0.583. The molecule has 0 amide bonds. The van der Waals surface area contributed by atoms with Crippen LogP contribution in [-0.4, -0.2) is 30.2 Å². The summed E-state index contributed by atoms with van der Waals surface area (Å²) in [6.45, 7) is 5.26. The Labute approximate surface area is 189 Å². The lowest BCUT2D eigenvalue weighted by molar-refractivity contribution is -0.137. The number of ether oxygens (including phenoxy) is 2. The van der Waals surface area contributed by atoms with Crippen molar-refractivity contribution >= 4 is 11.5 Å². The van der Waals surface area contributed by atoms with Crippen LogP contribution in [0.15, 0.2) is 30.5 Å². The fourth-order valence-electron chi connectivity index (χ4n) is 3.18. The van der Waals surface area contributed by atoms with Crippen LogP contribution in [0.25, 0.3) is 0 Å². The second-order valence-electron chi connectivity index (χ2n) is 7.76. The molecule has 1 aromatic heterocycles. The summed E-state index contributed by atoms with van der Waals surface area (Å²) in [5.41, 5.74) is -0.351. The third-order valence-electron chi connectivity index (χ3n) is 5.09. The number of unbranched alkanes of at least 4 members (excludes halogenated alkanes) is 6. The zero-order valence-corrected chi connectivity index (χ0v) is 19.2. The molecule has 178 valence electrons. The Morgan fingerprint density at radius 1 is 0.844 bits per heavy atom. The first-order valence-corrected chi connectivity index (χ1v) is 11.4. The summed E-state index contributed by atoms with van der Waals surface area (Å²) in [7, 11) is 1.54. The van der Waals surface area contributed by atoms with Crippen LogP contribution in [0.1, 0.15) is 70.8 Å². The maximum absolute atomic E-state index is 13.6. The SMILES string of the molecule is CCCCCCOc1ccc(N(C)c2nc(OCCCCCC)ncc2C(F)(F)F)cc1. The van der Waals surface area contributed by atoms with E-state index in [1.165, 1.54) is 11.3 Å². The van der Waals surface area contributed by atoms with Gasteiger partial charge in [-0.3, -0.25) is 0 Å². The van der Waals surface area contributed by atoms with E-state index < -0.39 is 11.7 Å². The number of anilines is 2. The molecule has 0 N–H and O–H groups in total. The van der Waals surface area contributed by atoms with Gasteiger partial charge in [0, 0.05) is 18.9 Å². The Kier molecular flexibility index (Phi) is 10.6. The highest BCUT2D eigenvalue weighted by Crippen LogP contribution is 2.38. The highest BCUT2D eigenvalue weighted by Gasteiger charge is 2.36. The van der Waals surface area contributed by atoms with Crippen molar-refractivity contribution in [3.8, 4) is 11.8 Å². The summed E-state index contributed by atoms with van der Waals surface area (Å²) in [5.74, 6) is 0.442. The van der Waals surface area contributed by atoms with Gasteiger partial charge in [-0.15, -0.1) is 0 Å². The molecule has 0 aliphatic heterocycles. The van der Waals surface area contributed by atoms with Crippen molar-refractivity contribution in [2.75, 3.05) is 25.2 Å². The molecular weight excluding hydrogens is 419 g/mol. The summed E-state index contributed by atoms with van der Waals surface area (Å²) in [6.07, 6.45) is 4.63. The smallest absolute Gasteiger partial charge is 0.421 e. The molecule has 2 aromatic rings. The summed E-state index contributed by atoms with van der Waals surface area (Å²) >= 11 is 0. The molecule has 0 radical (unpaired) electrons. The van der Waals surface area contributed by atoms with Gasteiger partial charge in [0.1, 0.15) is 11.3 Å². The van der Waals surface area contributed by atoms with Crippen molar-refractivity contribution in [3.05, 3.63) is 36.0 Å². The van der Waals surface area contributed by atoms with Crippen LogP contribution in [0, 0.1) is 0 Å². The fourth-order valence-corrected chi connectivity index (χ4v) is 3.18. The number of rotatable bonds is 14. The molecule has 5 nitrogen and oxygen atoms in total. The molecule has 1 heterocycles. The Balaban J connectivity index is 2.10. The van der Waals surface area contributed by atoms with Gasteiger partial charge >= 0.3 is 12.2 Å². The van der Waals surface area contributed by atoms with E-state index in [9.17, 15) is 13.2 Å². The van der Waals surface area contributed by atoms with Gasteiger partial charge in [-0.1, -0.05) is 52.4 Å². The molecule has 0 aliphatic rings. The number of halogens is 3. The van der Waals surface area contributed by atoms with Crippen LogP contribution in [-0.2, 0) is 6.18 Å². The number of aromatic nitrogens is 2. The predicted octanol–water partition coefficient (Wildman–Crippen LogP) is 7.18. The summed E-state index contributed by atoms with van der Waals surface area (Å²) in [6, 6.07) is 6.89. The molecule has 0 aliphatic carbocycles. The van der Waals surface area contributed by atoms with Gasteiger partial charge in [0.2, 0.25) is 0 Å². The van der Waals surface area contributed by atoms with Gasteiger partial charge < -0.3 is 14.4 Å². The average molecular weight is 454 g/mol. The maximum atomic E-state index is 13.6. The van der Waals surface area contributed by atoms with E-state index in [2.05, 4.69) is 23.8 Å². The van der Waals surface area contributed by atoms with E-state index in [0.717, 1.165) is 51.1 Å². The molecule has 1 aromatic carbocycles. The standard InChI is InChI=1S/C24H34F3N3O2/c1-4-6-8-10-16-31-20-14-12-19(13-15-20)30(3)22-21(24(25,26)27)18-28-23(29-22)32-17-11-9-7-5-2/h12-15,18H,4-11,16-17H2,1-3H3. The molecule has 0 saturated heterocycles. The van der Waals surface area contributed by atoms with Crippen molar-refractivity contribution in [1.29, 1.82) is 0 Å². The van der Waals surface area contributed by atoms with Crippen LogP contribution < -0.4 is 14.4 Å². The van der Waals surface area contributed by atoms with Gasteiger partial charge in [0.15, 0.2) is 5.82 Å². The Hall–Kier alpha value is -2.51. The quantitative estimate of drug-likeness (QED) is 0.284. The monoisotopic (exact) mass is 453 g/mol. The lowest BCUT2D eigenvalue weighted by Crippen LogP contribution is -2.19. The van der Waals surface area contributed by atoms with Crippen molar-refractivity contribution in [1.82, 2.24) is 9.97 Å². The average Bonchev–Trinajstić information content (AvgIpc) is 2.78. The van der Waals surface area contributed by atoms with E-state index in [1.807, 2.05) is 0 Å². The third-order valence-corrected chi connectivity index (χ3v) is 5.09. The highest BCUT2D eigenvalue weighted by molar-refractivity contribution is 5.63. The minimum atomic E-state index is -4.58. The van der Waals surface area contributed by atoms with Crippen molar-refractivity contribution in [2.24, 2.45) is 0 Å². The first kappa shape index (κ1) is 25.7. The van der Waals surface area contributed by atoms with Gasteiger partial charge in [-0.05, 0) is 37.1 Å². The first-order chi connectivity index (χ1) is 15.4. The summed E-state index contributed by atoms with van der Waals surface area (Å²) in [5, 5.41) is 0. The van der Waals surface area contributed by atoms with Crippen LogP contribution in [0.3, 0.4) is 0 Å². The topological polar surface area (TPSA) is 47.5 Å². The molecule has 0 atom stereocenters. The number of nitrogens with zero attached hydrogens (tertiary/aromatic N) is 3. The predicted molar refractivity (Wildman–Crippen MR) is 121 cm³/mol. The van der Waals surface area contributed by atoms with Crippen molar-refractivity contribution in [3.63, 3.8) is 0 Å². The van der Waals surface area contributed by atoms with E-state index in [-0.39, 0.29) is 11.8 Å². The normalized spacial score (nSPS) is 11.4. The Bertz CT molecular complexity index is 798. The minimum Gasteiger partial charge on any atom is -0.494 e. The van der Waals surface area contributed by atoms with Gasteiger partial charge in [-0.2, -0.15) is 18.2 Å². The largest absolute Gasteiger partial charge is 0.494 e. The lowest BCUT2D eigenvalue weighted by atomic mass is 10.2. The van der Waals surface area contributed by atoms with Crippen LogP contribution in [0.5, 0.6) is 11.8 Å². The van der Waals surface area contributed by atoms with Crippen molar-refractivity contribution in [2.45, 2.75) is 71.4 Å². The Morgan fingerprint density at radius 2 is 1.44 bits per heavy atom. The van der Waals surface area contributed by atoms with Crippen LogP contribution in [0.2, 0.25) is 0 Å². The molecule has 32 heavy (non-hydrogen) atoms. The lowest BCUT2D eigenvalue weighted by Gasteiger charge is -2.23. The molecule has 0 bridgehead atoms. The third kappa shape index (κ3) is 8.20. The van der Waals surface area contributed by atoms with Gasteiger partial charge in [0.25, 0.3) is 0 Å². The minimum absolute atomic E-state index is 0.0524. The van der Waals surface area contributed by atoms with Crippen molar-refractivity contribution < 1.29 is 22.6 Å². The highest BCUT2D eigenvalue weighted by atomic mass is 19.4. The number of hydrogen-bond acceptors (Lipinski definition) is 5. The van der Waals surface area contributed by atoms with Gasteiger partial charge in [0.05, 0.1) is 13.2 Å². The molecule has 0 saturated carbocycles. The zero-order valence-electron chi connectivity index (χ0n) is 19.2. The van der Waals surface area contributed by atoms with Gasteiger partial charge in [-0.25, -0.2) is 4.98 Å². The molecule has 0 fully saturated rings. The molecule has 0 spiro atoms. The van der Waals surface area contributed by atoms with Crippen LogP contribution >= 0.6 is 0 Å². The molecular formula is C24H34F3N3O2. The number of alkyl halides is 3. The summed E-state index contributed by atoms with van der Waals surface area (Å²) < 4.78 is 51.9. The molecule has 2 rings (SSSR count). The van der Waals surface area contributed by atoms with E-state index in [0.29, 0.717) is 24.7 Å². The van der Waals surface area contributed by atoms with E-state index in [4.69, 9.17) is 9.47 Å². The number of benzene rings is 1. The molecule has 8 heteroatoms. The van der Waals surface area contributed by atoms with E-state index in [1.54, 1.807) is 31.3 Å². The van der Waals surface area contributed by atoms with E-state index >= 15 is 0 Å². The first-order valence-electron chi connectivity index (χ1n) is 11.4.